The molecular weight excluding hydrogens is 226 g/mol. The van der Waals surface area contributed by atoms with Gasteiger partial charge in [-0.2, -0.15) is 5.26 Å². The summed E-state index contributed by atoms with van der Waals surface area (Å²) in [6.07, 6.45) is 1.68. The van der Waals surface area contributed by atoms with Crippen LogP contribution < -0.4 is 10.2 Å². The standard InChI is InChI=1S/C14H15N3O/c15-8-11-2-1-3-12(6-11)17-10-14(7-13(17)18)4-5-16-9-14/h1-3,6,16H,4-5,7,9-10H2. The molecule has 0 aromatic heterocycles. The Bertz CT molecular complexity index is 526. The van der Waals surface area contributed by atoms with E-state index in [9.17, 15) is 4.79 Å². The number of hydrogen-bond donors (Lipinski definition) is 1. The molecule has 2 aliphatic heterocycles. The van der Waals surface area contributed by atoms with Crippen molar-refractivity contribution in [3.63, 3.8) is 0 Å². The van der Waals surface area contributed by atoms with E-state index in [1.54, 1.807) is 12.1 Å². The molecule has 1 N–H and O–H groups in total. The second-order valence-electron chi connectivity index (χ2n) is 5.25. The fourth-order valence-corrected chi connectivity index (χ4v) is 2.96. The first-order chi connectivity index (χ1) is 8.72. The lowest BCUT2D eigenvalue weighted by Gasteiger charge is -2.22. The summed E-state index contributed by atoms with van der Waals surface area (Å²) in [7, 11) is 0. The minimum absolute atomic E-state index is 0.111. The van der Waals surface area contributed by atoms with E-state index in [-0.39, 0.29) is 11.3 Å². The Labute approximate surface area is 106 Å². The number of benzene rings is 1. The Morgan fingerprint density at radius 2 is 2.33 bits per heavy atom. The molecule has 1 aromatic carbocycles. The van der Waals surface area contributed by atoms with Gasteiger partial charge in [0.25, 0.3) is 0 Å². The van der Waals surface area contributed by atoms with Gasteiger partial charge in [0, 0.05) is 30.6 Å². The Kier molecular flexibility index (Phi) is 2.57. The maximum absolute atomic E-state index is 12.2. The minimum atomic E-state index is 0.111. The van der Waals surface area contributed by atoms with Crippen molar-refractivity contribution in [3.8, 4) is 6.07 Å². The molecule has 2 heterocycles. The predicted molar refractivity (Wildman–Crippen MR) is 68.0 cm³/mol. The molecule has 92 valence electrons. The highest BCUT2D eigenvalue weighted by molar-refractivity contribution is 5.96. The van der Waals surface area contributed by atoms with Crippen molar-refractivity contribution in [2.75, 3.05) is 24.5 Å². The predicted octanol–water partition coefficient (Wildman–Crippen LogP) is 1.27. The molecule has 2 saturated heterocycles. The van der Waals surface area contributed by atoms with Crippen molar-refractivity contribution >= 4 is 11.6 Å². The van der Waals surface area contributed by atoms with Gasteiger partial charge in [0.2, 0.25) is 5.91 Å². The number of carbonyl (C=O) groups is 1. The monoisotopic (exact) mass is 241 g/mol. The van der Waals surface area contributed by atoms with Crippen LogP contribution in [0, 0.1) is 16.7 Å². The van der Waals surface area contributed by atoms with Gasteiger partial charge in [-0.05, 0) is 31.2 Å². The zero-order chi connectivity index (χ0) is 12.6. The summed E-state index contributed by atoms with van der Waals surface area (Å²) < 4.78 is 0. The lowest BCUT2D eigenvalue weighted by atomic mass is 9.86. The van der Waals surface area contributed by atoms with Gasteiger partial charge in [-0.15, -0.1) is 0 Å². The topological polar surface area (TPSA) is 56.1 Å². The first-order valence-corrected chi connectivity index (χ1v) is 6.24. The van der Waals surface area contributed by atoms with Crippen LogP contribution in [0.5, 0.6) is 0 Å². The van der Waals surface area contributed by atoms with Gasteiger partial charge in [0.15, 0.2) is 0 Å². The van der Waals surface area contributed by atoms with Crippen molar-refractivity contribution in [1.82, 2.24) is 5.32 Å². The number of anilines is 1. The van der Waals surface area contributed by atoms with E-state index in [0.717, 1.165) is 31.7 Å². The summed E-state index contributed by atoms with van der Waals surface area (Å²) in [6.45, 7) is 2.69. The minimum Gasteiger partial charge on any atom is -0.316 e. The Balaban J connectivity index is 1.88. The van der Waals surface area contributed by atoms with Gasteiger partial charge >= 0.3 is 0 Å². The van der Waals surface area contributed by atoms with Gasteiger partial charge in [0.05, 0.1) is 11.6 Å². The molecule has 0 radical (unpaired) electrons. The zero-order valence-electron chi connectivity index (χ0n) is 10.1. The number of nitrogens with one attached hydrogen (secondary N) is 1. The van der Waals surface area contributed by atoms with Crippen LogP contribution in [-0.4, -0.2) is 25.5 Å². The molecule has 4 heteroatoms. The zero-order valence-corrected chi connectivity index (χ0v) is 10.1. The lowest BCUT2D eigenvalue weighted by Crippen LogP contribution is -2.29. The van der Waals surface area contributed by atoms with Crippen molar-refractivity contribution in [2.24, 2.45) is 5.41 Å². The summed E-state index contributed by atoms with van der Waals surface area (Å²) in [4.78, 5) is 14.0. The first-order valence-electron chi connectivity index (χ1n) is 6.24. The quantitative estimate of drug-likeness (QED) is 0.805. The van der Waals surface area contributed by atoms with E-state index in [1.807, 2.05) is 17.0 Å². The molecule has 1 unspecified atom stereocenters. The van der Waals surface area contributed by atoms with Crippen LogP contribution in [0.25, 0.3) is 0 Å². The molecule has 1 spiro atoms. The maximum atomic E-state index is 12.2. The Hall–Kier alpha value is -1.86. The van der Waals surface area contributed by atoms with E-state index in [1.165, 1.54) is 0 Å². The fraction of sp³-hybridized carbons (Fsp3) is 0.429. The average molecular weight is 241 g/mol. The maximum Gasteiger partial charge on any atom is 0.227 e. The first kappa shape index (κ1) is 11.2. The van der Waals surface area contributed by atoms with Gasteiger partial charge < -0.3 is 10.2 Å². The molecule has 0 bridgehead atoms. The molecule has 4 nitrogen and oxygen atoms in total. The molecule has 2 fully saturated rings. The average Bonchev–Trinajstić information content (AvgIpc) is 2.97. The summed E-state index contributed by atoms with van der Waals surface area (Å²) in [5.74, 6) is 0.175. The molecule has 1 atom stereocenters. The van der Waals surface area contributed by atoms with Crippen LogP contribution in [0.4, 0.5) is 5.69 Å². The smallest absolute Gasteiger partial charge is 0.227 e. The van der Waals surface area contributed by atoms with Crippen molar-refractivity contribution in [2.45, 2.75) is 12.8 Å². The number of amides is 1. The number of nitrogens with zero attached hydrogens (tertiary/aromatic N) is 2. The van der Waals surface area contributed by atoms with Crippen molar-refractivity contribution in [1.29, 1.82) is 5.26 Å². The number of carbonyl (C=O) groups excluding carboxylic acids is 1. The molecule has 0 saturated carbocycles. The molecule has 18 heavy (non-hydrogen) atoms. The third kappa shape index (κ3) is 1.77. The second-order valence-corrected chi connectivity index (χ2v) is 5.25. The highest BCUT2D eigenvalue weighted by Gasteiger charge is 2.45. The molecule has 1 amide bonds. The summed E-state index contributed by atoms with van der Waals surface area (Å²) in [6, 6.07) is 9.40. The van der Waals surface area contributed by atoms with Gasteiger partial charge in [-0.1, -0.05) is 6.07 Å². The van der Waals surface area contributed by atoms with Crippen LogP contribution in [0.2, 0.25) is 0 Å². The molecule has 2 aliphatic rings. The van der Waals surface area contributed by atoms with Gasteiger partial charge in [-0.3, -0.25) is 4.79 Å². The highest BCUT2D eigenvalue weighted by Crippen LogP contribution is 2.39. The summed E-state index contributed by atoms with van der Waals surface area (Å²) in [5.41, 5.74) is 1.56. The largest absolute Gasteiger partial charge is 0.316 e. The van der Waals surface area contributed by atoms with Gasteiger partial charge in [-0.25, -0.2) is 0 Å². The van der Waals surface area contributed by atoms with Gasteiger partial charge in [0.1, 0.15) is 0 Å². The third-order valence-electron chi connectivity index (χ3n) is 3.94. The lowest BCUT2D eigenvalue weighted by molar-refractivity contribution is -0.117. The summed E-state index contributed by atoms with van der Waals surface area (Å²) >= 11 is 0. The van der Waals surface area contributed by atoms with Crippen LogP contribution >= 0.6 is 0 Å². The number of hydrogen-bond acceptors (Lipinski definition) is 3. The van der Waals surface area contributed by atoms with E-state index >= 15 is 0 Å². The van der Waals surface area contributed by atoms with Crippen LogP contribution in [0.1, 0.15) is 18.4 Å². The SMILES string of the molecule is N#Cc1cccc(N2CC3(CCNC3)CC2=O)c1. The third-order valence-corrected chi connectivity index (χ3v) is 3.94. The Morgan fingerprint density at radius 3 is 3.06 bits per heavy atom. The number of rotatable bonds is 1. The molecule has 1 aromatic rings. The van der Waals surface area contributed by atoms with E-state index in [0.29, 0.717) is 12.0 Å². The summed E-state index contributed by atoms with van der Waals surface area (Å²) in [5, 5.41) is 12.3. The van der Waals surface area contributed by atoms with Crippen molar-refractivity contribution < 1.29 is 4.79 Å². The second kappa shape index (κ2) is 4.11. The molecular formula is C14H15N3O. The fourth-order valence-electron chi connectivity index (χ4n) is 2.96. The van der Waals surface area contributed by atoms with Crippen LogP contribution in [-0.2, 0) is 4.79 Å². The molecule has 3 rings (SSSR count). The number of nitriles is 1. The van der Waals surface area contributed by atoms with Crippen molar-refractivity contribution in [3.05, 3.63) is 29.8 Å². The normalized spacial score (nSPS) is 26.8. The van der Waals surface area contributed by atoms with Crippen LogP contribution in [0.3, 0.4) is 0 Å². The molecule has 0 aliphatic carbocycles. The van der Waals surface area contributed by atoms with E-state index in [2.05, 4.69) is 11.4 Å². The van der Waals surface area contributed by atoms with E-state index in [4.69, 9.17) is 5.26 Å². The van der Waals surface area contributed by atoms with E-state index < -0.39 is 0 Å². The van der Waals surface area contributed by atoms with Crippen LogP contribution in [0.15, 0.2) is 24.3 Å². The Morgan fingerprint density at radius 1 is 1.44 bits per heavy atom. The highest BCUT2D eigenvalue weighted by atomic mass is 16.2.